The first kappa shape index (κ1) is 18.4. The van der Waals surface area contributed by atoms with Gasteiger partial charge in [0.1, 0.15) is 0 Å². The van der Waals surface area contributed by atoms with Crippen molar-refractivity contribution in [2.45, 2.75) is 43.9 Å². The number of hydrogen-bond donors (Lipinski definition) is 1. The molecule has 2 aliphatic rings. The number of hydrogen-bond acceptors (Lipinski definition) is 4. The summed E-state index contributed by atoms with van der Waals surface area (Å²) in [7, 11) is 0. The Labute approximate surface area is 165 Å². The highest BCUT2D eigenvalue weighted by Crippen LogP contribution is 2.44. The molecule has 2 aromatic heterocycles. The smallest absolute Gasteiger partial charge is 0.370 e. The van der Waals surface area contributed by atoms with E-state index in [-0.39, 0.29) is 5.60 Å². The number of nitrogens with zero attached hydrogens (tertiary/aromatic N) is 3. The zero-order chi connectivity index (χ0) is 20.1. The van der Waals surface area contributed by atoms with Crippen LogP contribution in [0.15, 0.2) is 42.5 Å². The highest BCUT2D eigenvalue weighted by molar-refractivity contribution is 5.56. The van der Waals surface area contributed by atoms with Crippen LogP contribution in [0.2, 0.25) is 0 Å². The number of epoxide rings is 1. The third kappa shape index (κ3) is 3.81. The first-order chi connectivity index (χ1) is 13.9. The van der Waals surface area contributed by atoms with E-state index in [0.29, 0.717) is 17.6 Å². The summed E-state index contributed by atoms with van der Waals surface area (Å²) in [4.78, 5) is 4.46. The Morgan fingerprint density at radius 3 is 2.48 bits per heavy atom. The Bertz CT molecular complexity index is 1010. The van der Waals surface area contributed by atoms with Crippen LogP contribution >= 0.6 is 0 Å². The van der Waals surface area contributed by atoms with Crippen molar-refractivity contribution in [2.75, 3.05) is 11.9 Å². The van der Waals surface area contributed by atoms with Gasteiger partial charge >= 0.3 is 6.18 Å². The van der Waals surface area contributed by atoms with Gasteiger partial charge in [-0.1, -0.05) is 6.07 Å². The second kappa shape index (κ2) is 6.73. The van der Waals surface area contributed by atoms with Crippen LogP contribution in [0.25, 0.3) is 5.65 Å². The summed E-state index contributed by atoms with van der Waals surface area (Å²) in [6.45, 7) is 0.914. The quantitative estimate of drug-likeness (QED) is 0.625. The molecule has 0 radical (unpaired) electrons. The maximum atomic E-state index is 12.7. The van der Waals surface area contributed by atoms with Gasteiger partial charge in [-0.05, 0) is 74.4 Å². The Kier molecular flexibility index (Phi) is 4.27. The van der Waals surface area contributed by atoms with Crippen LogP contribution in [0.3, 0.4) is 0 Å². The van der Waals surface area contributed by atoms with E-state index in [1.807, 2.05) is 16.6 Å². The van der Waals surface area contributed by atoms with Crippen molar-refractivity contribution < 1.29 is 17.9 Å². The predicted molar refractivity (Wildman–Crippen MR) is 102 cm³/mol. The van der Waals surface area contributed by atoms with E-state index in [2.05, 4.69) is 21.5 Å². The van der Waals surface area contributed by atoms with Gasteiger partial charge in [-0.3, -0.25) is 0 Å². The van der Waals surface area contributed by atoms with Crippen molar-refractivity contribution in [2.24, 2.45) is 5.92 Å². The number of nitrogens with one attached hydrogen (secondary N) is 1. The lowest BCUT2D eigenvalue weighted by Gasteiger charge is -2.26. The Morgan fingerprint density at radius 1 is 1.10 bits per heavy atom. The minimum atomic E-state index is -4.35. The van der Waals surface area contributed by atoms with Crippen molar-refractivity contribution in [3.05, 3.63) is 53.7 Å². The van der Waals surface area contributed by atoms with Crippen molar-refractivity contribution >= 4 is 17.3 Å². The molecule has 0 bridgehead atoms. The molecule has 29 heavy (non-hydrogen) atoms. The summed E-state index contributed by atoms with van der Waals surface area (Å²) < 4.78 is 45.6. The average molecular weight is 402 g/mol. The van der Waals surface area contributed by atoms with E-state index in [0.717, 1.165) is 62.2 Å². The fraction of sp³-hybridized carbons (Fsp3) is 0.429. The van der Waals surface area contributed by atoms with Gasteiger partial charge < -0.3 is 10.1 Å². The van der Waals surface area contributed by atoms with Crippen LogP contribution in [-0.2, 0) is 17.3 Å². The van der Waals surface area contributed by atoms with Gasteiger partial charge in [0.25, 0.3) is 0 Å². The van der Waals surface area contributed by atoms with E-state index in [9.17, 15) is 13.2 Å². The molecular weight excluding hydrogens is 381 g/mol. The normalized spacial score (nSPS) is 24.2. The Morgan fingerprint density at radius 2 is 1.83 bits per heavy atom. The SMILES string of the molecule is FC(F)(F)c1ccc(Nc2nc3cccc(CC4CCC5(CC4)CO5)n3n2)cc1. The molecule has 1 aliphatic heterocycles. The molecule has 1 saturated heterocycles. The minimum Gasteiger partial charge on any atom is -0.370 e. The Hall–Kier alpha value is -2.61. The lowest BCUT2D eigenvalue weighted by atomic mass is 9.80. The molecule has 1 spiro atoms. The number of rotatable bonds is 4. The molecule has 2 fully saturated rings. The molecule has 1 saturated carbocycles. The summed E-state index contributed by atoms with van der Waals surface area (Å²) in [5, 5.41) is 7.53. The summed E-state index contributed by atoms with van der Waals surface area (Å²) in [5.41, 5.74) is 1.83. The van der Waals surface area contributed by atoms with Crippen molar-refractivity contribution in [1.82, 2.24) is 14.6 Å². The fourth-order valence-electron chi connectivity index (χ4n) is 4.13. The van der Waals surface area contributed by atoms with E-state index >= 15 is 0 Å². The third-order valence-electron chi connectivity index (χ3n) is 5.97. The molecule has 1 aliphatic carbocycles. The molecule has 3 heterocycles. The van der Waals surface area contributed by atoms with Crippen LogP contribution in [-0.4, -0.2) is 26.8 Å². The van der Waals surface area contributed by atoms with Gasteiger partial charge in [0, 0.05) is 11.4 Å². The van der Waals surface area contributed by atoms with E-state index in [1.165, 1.54) is 12.1 Å². The zero-order valence-corrected chi connectivity index (χ0v) is 15.7. The highest BCUT2D eigenvalue weighted by Gasteiger charge is 2.46. The average Bonchev–Trinajstić information content (AvgIpc) is 3.31. The zero-order valence-electron chi connectivity index (χ0n) is 15.7. The van der Waals surface area contributed by atoms with Gasteiger partial charge in [-0.25, -0.2) is 4.52 Å². The lowest BCUT2D eigenvalue weighted by molar-refractivity contribution is -0.137. The molecular formula is C21H21F3N4O. The summed E-state index contributed by atoms with van der Waals surface area (Å²) in [6.07, 6.45) is 1.15. The van der Waals surface area contributed by atoms with E-state index < -0.39 is 11.7 Å². The molecule has 3 aromatic rings. The predicted octanol–water partition coefficient (Wildman–Crippen LogP) is 4.99. The molecule has 0 amide bonds. The van der Waals surface area contributed by atoms with E-state index in [4.69, 9.17) is 4.74 Å². The van der Waals surface area contributed by atoms with Crippen molar-refractivity contribution in [1.29, 1.82) is 0 Å². The van der Waals surface area contributed by atoms with Crippen LogP contribution < -0.4 is 5.32 Å². The topological polar surface area (TPSA) is 54.8 Å². The maximum Gasteiger partial charge on any atom is 0.416 e. The number of fused-ring (bicyclic) bond motifs is 1. The van der Waals surface area contributed by atoms with Crippen LogP contribution in [0, 0.1) is 5.92 Å². The molecule has 0 atom stereocenters. The number of anilines is 2. The molecule has 5 rings (SSSR count). The van der Waals surface area contributed by atoms with Gasteiger partial charge in [0.2, 0.25) is 5.95 Å². The van der Waals surface area contributed by atoms with Gasteiger partial charge in [-0.15, -0.1) is 5.10 Å². The maximum absolute atomic E-state index is 12.7. The molecule has 0 unspecified atom stereocenters. The second-order valence-corrected chi connectivity index (χ2v) is 8.04. The number of aromatic nitrogens is 3. The monoisotopic (exact) mass is 402 g/mol. The van der Waals surface area contributed by atoms with Crippen molar-refractivity contribution in [3.8, 4) is 0 Å². The van der Waals surface area contributed by atoms with Crippen LogP contribution in [0.1, 0.15) is 36.9 Å². The number of pyridine rings is 1. The van der Waals surface area contributed by atoms with Gasteiger partial charge in [0.05, 0.1) is 17.8 Å². The van der Waals surface area contributed by atoms with Crippen LogP contribution in [0.5, 0.6) is 0 Å². The summed E-state index contributed by atoms with van der Waals surface area (Å²) >= 11 is 0. The largest absolute Gasteiger partial charge is 0.416 e. The molecule has 5 nitrogen and oxygen atoms in total. The minimum absolute atomic E-state index is 0.189. The molecule has 8 heteroatoms. The fourth-order valence-corrected chi connectivity index (χ4v) is 4.13. The standard InChI is InChI=1S/C21H21F3N4O/c22-21(23,24)15-4-6-16(7-5-15)25-19-26-18-3-1-2-17(28(18)27-19)12-14-8-10-20(11-9-14)13-29-20/h1-7,14H,8-13H2,(H,25,27). The number of benzene rings is 1. The summed E-state index contributed by atoms with van der Waals surface area (Å²) in [6, 6.07) is 10.8. The number of ether oxygens (including phenoxy) is 1. The number of alkyl halides is 3. The first-order valence-corrected chi connectivity index (χ1v) is 9.83. The first-order valence-electron chi connectivity index (χ1n) is 9.83. The third-order valence-corrected chi connectivity index (χ3v) is 5.97. The van der Waals surface area contributed by atoms with Gasteiger partial charge in [0.15, 0.2) is 5.65 Å². The molecule has 152 valence electrons. The van der Waals surface area contributed by atoms with E-state index in [1.54, 1.807) is 0 Å². The lowest BCUT2D eigenvalue weighted by Crippen LogP contribution is -2.23. The summed E-state index contributed by atoms with van der Waals surface area (Å²) in [5.74, 6) is 0.970. The molecule has 1 N–H and O–H groups in total. The highest BCUT2D eigenvalue weighted by atomic mass is 19.4. The molecule has 1 aromatic carbocycles. The second-order valence-electron chi connectivity index (χ2n) is 8.04. The van der Waals surface area contributed by atoms with Crippen molar-refractivity contribution in [3.63, 3.8) is 0 Å². The van der Waals surface area contributed by atoms with Gasteiger partial charge in [-0.2, -0.15) is 18.2 Å². The Balaban J connectivity index is 1.32. The van der Waals surface area contributed by atoms with Crippen LogP contribution in [0.4, 0.5) is 24.8 Å². The number of halogens is 3.